The molecule has 72 heavy (non-hydrogen) atoms. The van der Waals surface area contributed by atoms with E-state index in [9.17, 15) is 0 Å². The van der Waals surface area contributed by atoms with Crippen LogP contribution < -0.4 is 0 Å². The number of nitrogens with zero attached hydrogens (tertiary/aromatic N) is 10. The summed E-state index contributed by atoms with van der Waals surface area (Å²) in [5, 5.41) is 8.30. The summed E-state index contributed by atoms with van der Waals surface area (Å²) < 4.78 is 0. The van der Waals surface area contributed by atoms with Gasteiger partial charge in [0.25, 0.3) is 0 Å². The van der Waals surface area contributed by atoms with Gasteiger partial charge in [-0.25, -0.2) is 19.9 Å². The van der Waals surface area contributed by atoms with Crippen LogP contribution in [0, 0.1) is 0 Å². The molecule has 0 amide bonds. The second-order valence-electron chi connectivity index (χ2n) is 22.4. The fraction of sp³-hybridized carbons (Fsp3) is 0.581. The largest absolute Gasteiger partial charge is 0.261 e. The Morgan fingerprint density at radius 3 is 0.583 bits per heavy atom. The van der Waals surface area contributed by atoms with E-state index in [0.29, 0.717) is 71.0 Å². The van der Waals surface area contributed by atoms with Crippen LogP contribution in [-0.4, -0.2) is 50.1 Å². The summed E-state index contributed by atoms with van der Waals surface area (Å²) in [5.74, 6) is 7.86. The quantitative estimate of drug-likeness (QED) is 0.117. The Balaban J connectivity index is 0.000000432. The summed E-state index contributed by atoms with van der Waals surface area (Å²) in [6.07, 6.45) is 15.4. The molecule has 0 unspecified atom stereocenters. The minimum absolute atomic E-state index is 0.422. The molecule has 0 radical (unpaired) electrons. The van der Waals surface area contributed by atoms with Crippen molar-refractivity contribution in [2.75, 3.05) is 0 Å². The molecule has 6 aromatic rings. The zero-order chi connectivity index (χ0) is 54.8. The average molecular weight is 984 g/mol. The van der Waals surface area contributed by atoms with Crippen LogP contribution >= 0.6 is 0 Å². The Bertz CT molecular complexity index is 1680. The van der Waals surface area contributed by atoms with Crippen LogP contribution in [0.15, 0.2) is 86.0 Å². The standard InChI is InChI=1S/2C11H17N.4C10H16N2/c2*1-8(2)10-5-6-11(9(3)4)12-7-10;1-7(2)9-5-12-10(6-11-9)8(3)4;2*1-7(2)9-5-11-10(8(3)4)12-6-9;1-7(2)9-5-6-10(8(3)4)12-11-9/h2*5-9H,1-4H3;4*5-8H,1-4H3. The molecule has 6 heterocycles. The van der Waals surface area contributed by atoms with Crippen molar-refractivity contribution in [1.82, 2.24) is 50.1 Å². The Hall–Kier alpha value is -5.38. The molecule has 0 aromatic carbocycles. The van der Waals surface area contributed by atoms with Crippen LogP contribution in [0.5, 0.6) is 0 Å². The Labute approximate surface area is 439 Å². The van der Waals surface area contributed by atoms with Gasteiger partial charge in [0.05, 0.1) is 22.8 Å². The number of hydrogen-bond donors (Lipinski definition) is 0. The topological polar surface area (TPSA) is 129 Å². The van der Waals surface area contributed by atoms with Gasteiger partial charge in [-0.15, -0.1) is 0 Å². The van der Waals surface area contributed by atoms with Gasteiger partial charge in [0.15, 0.2) is 0 Å². The first-order chi connectivity index (χ1) is 33.7. The molecule has 6 rings (SSSR count). The lowest BCUT2D eigenvalue weighted by molar-refractivity contribution is 0.733. The van der Waals surface area contributed by atoms with Gasteiger partial charge in [-0.2, -0.15) is 10.2 Å². The van der Waals surface area contributed by atoms with Gasteiger partial charge in [0, 0.05) is 72.8 Å². The van der Waals surface area contributed by atoms with Gasteiger partial charge >= 0.3 is 0 Å². The molecule has 0 aliphatic rings. The highest BCUT2D eigenvalue weighted by atomic mass is 15.1. The molecular weight excluding hydrogens is 885 g/mol. The maximum absolute atomic E-state index is 4.40. The zero-order valence-electron chi connectivity index (χ0n) is 49.5. The number of aromatic nitrogens is 10. The summed E-state index contributed by atoms with van der Waals surface area (Å²) in [6, 6.07) is 12.7. The van der Waals surface area contributed by atoms with Gasteiger partial charge in [0.1, 0.15) is 11.6 Å². The lowest BCUT2D eigenvalue weighted by Crippen LogP contribution is -1.99. The molecule has 0 atom stereocenters. The Kier molecular flexibility index (Phi) is 30.0. The normalized spacial score (nSPS) is 11.2. The number of rotatable bonds is 12. The van der Waals surface area contributed by atoms with Gasteiger partial charge in [-0.1, -0.05) is 178 Å². The van der Waals surface area contributed by atoms with Crippen LogP contribution in [0.1, 0.15) is 305 Å². The molecule has 10 nitrogen and oxygen atoms in total. The maximum atomic E-state index is 4.40. The van der Waals surface area contributed by atoms with Crippen molar-refractivity contribution in [3.63, 3.8) is 0 Å². The van der Waals surface area contributed by atoms with E-state index in [4.69, 9.17) is 0 Å². The summed E-state index contributed by atoms with van der Waals surface area (Å²) in [6.45, 7) is 51.4. The monoisotopic (exact) mass is 983 g/mol. The summed E-state index contributed by atoms with van der Waals surface area (Å²) in [4.78, 5) is 34.6. The molecule has 6 aromatic heterocycles. The van der Waals surface area contributed by atoms with Gasteiger partial charge in [-0.3, -0.25) is 19.9 Å². The first kappa shape index (κ1) is 64.6. The van der Waals surface area contributed by atoms with Gasteiger partial charge in [0.2, 0.25) is 0 Å². The van der Waals surface area contributed by atoms with Crippen molar-refractivity contribution in [1.29, 1.82) is 0 Å². The van der Waals surface area contributed by atoms with Gasteiger partial charge < -0.3 is 0 Å². The van der Waals surface area contributed by atoms with Crippen molar-refractivity contribution in [2.24, 2.45) is 0 Å². The molecule has 0 aliphatic heterocycles. The van der Waals surface area contributed by atoms with Crippen molar-refractivity contribution < 1.29 is 0 Å². The molecule has 0 saturated heterocycles. The molecule has 0 saturated carbocycles. The fourth-order valence-corrected chi connectivity index (χ4v) is 6.00. The van der Waals surface area contributed by atoms with E-state index < -0.39 is 0 Å². The molecule has 0 fully saturated rings. The van der Waals surface area contributed by atoms with Crippen molar-refractivity contribution in [3.05, 3.63) is 154 Å². The van der Waals surface area contributed by atoms with Crippen LogP contribution in [0.25, 0.3) is 0 Å². The third-order valence-electron chi connectivity index (χ3n) is 11.6. The highest BCUT2D eigenvalue weighted by Gasteiger charge is 2.08. The average Bonchev–Trinajstić information content (AvgIpc) is 3.35. The molecule has 0 bridgehead atoms. The minimum Gasteiger partial charge on any atom is -0.261 e. The minimum atomic E-state index is 0.422. The predicted molar refractivity (Wildman–Crippen MR) is 306 cm³/mol. The molecular formula is C62H98N10. The van der Waals surface area contributed by atoms with E-state index in [0.717, 1.165) is 34.4 Å². The van der Waals surface area contributed by atoms with Crippen molar-refractivity contribution in [3.8, 4) is 0 Å². The molecule has 0 aliphatic carbocycles. The van der Waals surface area contributed by atoms with E-state index >= 15 is 0 Å². The van der Waals surface area contributed by atoms with Crippen molar-refractivity contribution in [2.45, 2.75) is 237 Å². The lowest BCUT2D eigenvalue weighted by atomic mass is 10.0. The van der Waals surface area contributed by atoms with Gasteiger partial charge in [-0.05, 0) is 106 Å². The van der Waals surface area contributed by atoms with E-state index in [1.165, 1.54) is 33.6 Å². The summed E-state index contributed by atoms with van der Waals surface area (Å²) in [7, 11) is 0. The first-order valence-corrected chi connectivity index (χ1v) is 26.9. The number of hydrogen-bond acceptors (Lipinski definition) is 10. The van der Waals surface area contributed by atoms with E-state index in [-0.39, 0.29) is 0 Å². The second kappa shape index (κ2) is 33.4. The van der Waals surface area contributed by atoms with Crippen LogP contribution in [0.3, 0.4) is 0 Å². The van der Waals surface area contributed by atoms with Crippen molar-refractivity contribution >= 4 is 0 Å². The van der Waals surface area contributed by atoms with E-state index in [1.54, 1.807) is 0 Å². The Morgan fingerprint density at radius 2 is 0.417 bits per heavy atom. The third kappa shape index (κ3) is 24.8. The summed E-state index contributed by atoms with van der Waals surface area (Å²) in [5.41, 5.74) is 11.7. The van der Waals surface area contributed by atoms with E-state index in [1.807, 2.05) is 49.6 Å². The molecule has 0 N–H and O–H groups in total. The van der Waals surface area contributed by atoms with Crippen LogP contribution in [-0.2, 0) is 0 Å². The maximum Gasteiger partial charge on any atom is 0.130 e. The highest BCUT2D eigenvalue weighted by Crippen LogP contribution is 2.20. The smallest absolute Gasteiger partial charge is 0.130 e. The predicted octanol–water partition coefficient (Wildman–Crippen LogP) is 17.6. The first-order valence-electron chi connectivity index (χ1n) is 26.9. The number of pyridine rings is 2. The Morgan fingerprint density at radius 1 is 0.194 bits per heavy atom. The second-order valence-corrected chi connectivity index (χ2v) is 22.4. The SMILES string of the molecule is CC(C)c1ccc(C(C)C)nc1.CC(C)c1ccc(C(C)C)nc1.CC(C)c1ccc(C(C)C)nn1.CC(C)c1cnc(C(C)C)cn1.CC(C)c1cnc(C(C)C)nc1.CC(C)c1cnc(C(C)C)nc1. The highest BCUT2D eigenvalue weighted by molar-refractivity contribution is 5.20. The zero-order valence-corrected chi connectivity index (χ0v) is 49.5. The molecule has 396 valence electrons. The summed E-state index contributed by atoms with van der Waals surface area (Å²) >= 11 is 0. The van der Waals surface area contributed by atoms with Crippen LogP contribution in [0.4, 0.5) is 0 Å². The lowest BCUT2D eigenvalue weighted by Gasteiger charge is -2.07. The van der Waals surface area contributed by atoms with E-state index in [2.05, 4.69) is 253 Å². The fourth-order valence-electron chi connectivity index (χ4n) is 6.00. The third-order valence-corrected chi connectivity index (χ3v) is 11.6. The van der Waals surface area contributed by atoms with Crippen LogP contribution in [0.2, 0.25) is 0 Å². The molecule has 10 heteroatoms. The molecule has 0 spiro atoms.